The Morgan fingerprint density at radius 2 is 1.88 bits per heavy atom. The zero-order chi connectivity index (χ0) is 13.6. The molecule has 7 nitrogen and oxygen atoms in total. The van der Waals surface area contributed by atoms with E-state index in [4.69, 9.17) is 10.2 Å². The lowest BCUT2D eigenvalue weighted by atomic mass is 10.0. The van der Waals surface area contributed by atoms with E-state index in [0.717, 1.165) is 0 Å². The molecule has 4 atom stereocenters. The molecule has 98 valence electrons. The first-order chi connectivity index (χ1) is 7.84. The van der Waals surface area contributed by atoms with Gasteiger partial charge in [-0.3, -0.25) is 4.79 Å². The molecule has 0 aromatic carbocycles. The van der Waals surface area contributed by atoms with Crippen LogP contribution in [0.1, 0.15) is 6.92 Å². The highest BCUT2D eigenvalue weighted by atomic mass is 16.6. The maximum absolute atomic E-state index is 11.1. The molecule has 0 spiro atoms. The third-order valence-electron chi connectivity index (χ3n) is 1.99. The van der Waals surface area contributed by atoms with Gasteiger partial charge in [-0.05, 0) is 6.92 Å². The monoisotopic (exact) mass is 248 g/mol. The molecule has 7 heteroatoms. The van der Waals surface area contributed by atoms with Crippen LogP contribution in [0.3, 0.4) is 0 Å². The second kappa shape index (κ2) is 7.13. The zero-order valence-corrected chi connectivity index (χ0v) is 9.31. The second-order valence-corrected chi connectivity index (χ2v) is 3.52. The van der Waals surface area contributed by atoms with Gasteiger partial charge in [0.15, 0.2) is 12.4 Å². The van der Waals surface area contributed by atoms with E-state index in [9.17, 15) is 19.8 Å². The number of carbonyl (C=O) groups is 2. The summed E-state index contributed by atoms with van der Waals surface area (Å²) in [6.07, 6.45) is -6.82. The standard InChI is InChI=1S/C10H16O7/c1-5(2)10(16)17-7(4-12)9(15)8(14)6(13)3-11/h4,6-9,11,13-15H,1,3H2,2H3/t6-,7-,8+,9-/m1/s1. The number of aliphatic hydroxyl groups excluding tert-OH is 4. The second-order valence-electron chi connectivity index (χ2n) is 3.52. The highest BCUT2D eigenvalue weighted by molar-refractivity contribution is 5.88. The molecule has 0 heterocycles. The molecule has 0 rings (SSSR count). The molecule has 0 aliphatic rings. The summed E-state index contributed by atoms with van der Waals surface area (Å²) in [5, 5.41) is 36.4. The van der Waals surface area contributed by atoms with Crippen molar-refractivity contribution in [3.63, 3.8) is 0 Å². The van der Waals surface area contributed by atoms with E-state index in [0.29, 0.717) is 0 Å². The van der Waals surface area contributed by atoms with Crippen LogP contribution in [0, 0.1) is 0 Å². The van der Waals surface area contributed by atoms with Crippen LogP contribution in [0.5, 0.6) is 0 Å². The summed E-state index contributed by atoms with van der Waals surface area (Å²) in [5.41, 5.74) is 0.0150. The number of hydrogen-bond acceptors (Lipinski definition) is 7. The molecule has 0 aliphatic carbocycles. The Bertz CT molecular complexity index is 288. The van der Waals surface area contributed by atoms with Crippen molar-refractivity contribution < 1.29 is 34.8 Å². The van der Waals surface area contributed by atoms with E-state index in [2.05, 4.69) is 11.3 Å². The average molecular weight is 248 g/mol. The molecule has 0 amide bonds. The van der Waals surface area contributed by atoms with Crippen LogP contribution in [0.4, 0.5) is 0 Å². The summed E-state index contributed by atoms with van der Waals surface area (Å²) in [5.74, 6) is -0.910. The molecule has 0 radical (unpaired) electrons. The minimum Gasteiger partial charge on any atom is -0.448 e. The Kier molecular flexibility index (Phi) is 6.59. The molecule has 0 bridgehead atoms. The van der Waals surface area contributed by atoms with Crippen LogP contribution in [-0.4, -0.2) is 63.7 Å². The Labute approximate surface area is 97.9 Å². The SMILES string of the molecule is C=C(C)C(=O)O[C@H](C=O)[C@@H](O)[C@@H](O)[C@H](O)CO. The number of aliphatic hydroxyl groups is 4. The third-order valence-corrected chi connectivity index (χ3v) is 1.99. The average Bonchev–Trinajstić information content (AvgIpc) is 2.32. The molecule has 0 aliphatic heterocycles. The van der Waals surface area contributed by atoms with Crippen molar-refractivity contribution in [1.29, 1.82) is 0 Å². The normalized spacial score (nSPS) is 17.7. The van der Waals surface area contributed by atoms with Gasteiger partial charge in [0, 0.05) is 5.57 Å². The third kappa shape index (κ3) is 4.61. The molecular weight excluding hydrogens is 232 g/mol. The van der Waals surface area contributed by atoms with Crippen molar-refractivity contribution in [1.82, 2.24) is 0 Å². The van der Waals surface area contributed by atoms with Gasteiger partial charge < -0.3 is 25.2 Å². The zero-order valence-electron chi connectivity index (χ0n) is 9.31. The van der Waals surface area contributed by atoms with Gasteiger partial charge in [-0.2, -0.15) is 0 Å². The van der Waals surface area contributed by atoms with Gasteiger partial charge in [0.05, 0.1) is 6.61 Å². The number of carbonyl (C=O) groups excluding carboxylic acids is 2. The molecular formula is C10H16O7. The fraction of sp³-hybridized carbons (Fsp3) is 0.600. The predicted molar refractivity (Wildman–Crippen MR) is 55.9 cm³/mol. The maximum atomic E-state index is 11.1. The van der Waals surface area contributed by atoms with Crippen molar-refractivity contribution in [3.8, 4) is 0 Å². The van der Waals surface area contributed by atoms with Crippen molar-refractivity contribution in [2.75, 3.05) is 6.61 Å². The van der Waals surface area contributed by atoms with Gasteiger partial charge in [0.2, 0.25) is 0 Å². The largest absolute Gasteiger partial charge is 0.448 e. The van der Waals surface area contributed by atoms with Gasteiger partial charge in [0.25, 0.3) is 0 Å². The first-order valence-electron chi connectivity index (χ1n) is 4.82. The number of esters is 1. The van der Waals surface area contributed by atoms with Crippen molar-refractivity contribution in [2.24, 2.45) is 0 Å². The summed E-state index contributed by atoms with van der Waals surface area (Å²) < 4.78 is 4.53. The topological polar surface area (TPSA) is 124 Å². The van der Waals surface area contributed by atoms with Crippen LogP contribution in [0.25, 0.3) is 0 Å². The fourth-order valence-electron chi connectivity index (χ4n) is 0.932. The summed E-state index contributed by atoms with van der Waals surface area (Å²) in [4.78, 5) is 21.7. The summed E-state index contributed by atoms with van der Waals surface area (Å²) in [7, 11) is 0. The smallest absolute Gasteiger partial charge is 0.333 e. The minimum atomic E-state index is -1.84. The van der Waals surface area contributed by atoms with Crippen LogP contribution in [-0.2, 0) is 14.3 Å². The number of rotatable bonds is 7. The molecule has 0 aromatic heterocycles. The predicted octanol–water partition coefficient (Wildman–Crippen LogP) is -2.25. The molecule has 0 saturated heterocycles. The van der Waals surface area contributed by atoms with Gasteiger partial charge >= 0.3 is 5.97 Å². The van der Waals surface area contributed by atoms with Crippen LogP contribution < -0.4 is 0 Å². The molecule has 17 heavy (non-hydrogen) atoms. The lowest BCUT2D eigenvalue weighted by Gasteiger charge is -2.25. The highest BCUT2D eigenvalue weighted by Gasteiger charge is 2.33. The first-order valence-corrected chi connectivity index (χ1v) is 4.82. The lowest BCUT2D eigenvalue weighted by Crippen LogP contribution is -2.48. The Morgan fingerprint density at radius 3 is 2.24 bits per heavy atom. The van der Waals surface area contributed by atoms with Crippen LogP contribution >= 0.6 is 0 Å². The Morgan fingerprint density at radius 1 is 1.35 bits per heavy atom. The van der Waals surface area contributed by atoms with Crippen molar-refractivity contribution in [3.05, 3.63) is 12.2 Å². The van der Waals surface area contributed by atoms with E-state index in [1.165, 1.54) is 6.92 Å². The Balaban J connectivity index is 4.60. The summed E-state index contributed by atoms with van der Waals surface area (Å²) in [6.45, 7) is 3.81. The molecule has 0 unspecified atom stereocenters. The van der Waals surface area contributed by atoms with E-state index < -0.39 is 37.0 Å². The van der Waals surface area contributed by atoms with E-state index in [1.54, 1.807) is 0 Å². The Hall–Kier alpha value is -1.28. The summed E-state index contributed by atoms with van der Waals surface area (Å²) >= 11 is 0. The maximum Gasteiger partial charge on any atom is 0.333 e. The fourth-order valence-corrected chi connectivity index (χ4v) is 0.932. The molecule has 0 fully saturated rings. The van der Waals surface area contributed by atoms with Crippen molar-refractivity contribution in [2.45, 2.75) is 31.3 Å². The van der Waals surface area contributed by atoms with E-state index in [1.807, 2.05) is 0 Å². The van der Waals surface area contributed by atoms with Gasteiger partial charge in [-0.15, -0.1) is 0 Å². The molecule has 0 aromatic rings. The highest BCUT2D eigenvalue weighted by Crippen LogP contribution is 2.08. The lowest BCUT2D eigenvalue weighted by molar-refractivity contribution is -0.164. The number of aldehydes is 1. The summed E-state index contributed by atoms with van der Waals surface area (Å²) in [6, 6.07) is 0. The molecule has 4 N–H and O–H groups in total. The van der Waals surface area contributed by atoms with Gasteiger partial charge in [0.1, 0.15) is 18.3 Å². The number of ether oxygens (including phenoxy) is 1. The van der Waals surface area contributed by atoms with Gasteiger partial charge in [-0.1, -0.05) is 6.58 Å². The first kappa shape index (κ1) is 15.7. The van der Waals surface area contributed by atoms with Crippen LogP contribution in [0.15, 0.2) is 12.2 Å². The van der Waals surface area contributed by atoms with E-state index in [-0.39, 0.29) is 11.9 Å². The van der Waals surface area contributed by atoms with E-state index >= 15 is 0 Å². The quantitative estimate of drug-likeness (QED) is 0.228. The minimum absolute atomic E-state index is 0.0150. The molecule has 0 saturated carbocycles. The van der Waals surface area contributed by atoms with Crippen LogP contribution in [0.2, 0.25) is 0 Å². The van der Waals surface area contributed by atoms with Gasteiger partial charge in [-0.25, -0.2) is 4.79 Å². The number of hydrogen-bond donors (Lipinski definition) is 4. The van der Waals surface area contributed by atoms with Crippen molar-refractivity contribution >= 4 is 12.3 Å².